The van der Waals surface area contributed by atoms with Crippen LogP contribution in [0.2, 0.25) is 0 Å². The fourth-order valence-corrected chi connectivity index (χ4v) is 1.77. The van der Waals surface area contributed by atoms with Gasteiger partial charge in [0.15, 0.2) is 0 Å². The maximum absolute atomic E-state index is 11.7. The Kier molecular flexibility index (Phi) is 5.77. The van der Waals surface area contributed by atoms with Crippen molar-refractivity contribution in [3.05, 3.63) is 0 Å². The van der Waals surface area contributed by atoms with E-state index in [-0.39, 0.29) is 30.4 Å². The van der Waals surface area contributed by atoms with E-state index < -0.39 is 12.0 Å². The lowest BCUT2D eigenvalue weighted by Gasteiger charge is -2.16. The van der Waals surface area contributed by atoms with Crippen molar-refractivity contribution >= 4 is 17.7 Å². The van der Waals surface area contributed by atoms with Gasteiger partial charge >= 0.3 is 5.97 Å². The molecule has 0 aromatic carbocycles. The molecule has 0 aliphatic carbocycles. The van der Waals surface area contributed by atoms with Gasteiger partial charge in [-0.05, 0) is 12.8 Å². The van der Waals surface area contributed by atoms with E-state index in [9.17, 15) is 14.4 Å². The van der Waals surface area contributed by atoms with Crippen molar-refractivity contribution in [3.8, 4) is 0 Å². The molecule has 1 rings (SSSR count). The number of rotatable bonds is 7. The molecule has 0 bridgehead atoms. The number of carbonyl (C=O) groups is 3. The number of ether oxygens (including phenoxy) is 1. The molecular formula is C12H19NO5. The molecule has 1 aliphatic rings. The van der Waals surface area contributed by atoms with Crippen LogP contribution in [0.4, 0.5) is 0 Å². The summed E-state index contributed by atoms with van der Waals surface area (Å²) in [5.41, 5.74) is 0. The summed E-state index contributed by atoms with van der Waals surface area (Å²) < 4.78 is 5.07. The van der Waals surface area contributed by atoms with E-state index in [1.54, 1.807) is 6.92 Å². The lowest BCUT2D eigenvalue weighted by molar-refractivity contribution is -0.142. The van der Waals surface area contributed by atoms with Gasteiger partial charge < -0.3 is 15.2 Å². The van der Waals surface area contributed by atoms with Crippen molar-refractivity contribution in [1.29, 1.82) is 0 Å². The first-order valence-electron chi connectivity index (χ1n) is 6.17. The van der Waals surface area contributed by atoms with Gasteiger partial charge in [-0.15, -0.1) is 0 Å². The molecule has 1 heterocycles. The molecule has 0 aromatic rings. The number of nitrogens with one attached hydrogen (secondary N) is 1. The number of hydrogen-bond acceptors (Lipinski definition) is 4. The van der Waals surface area contributed by atoms with E-state index in [0.717, 1.165) is 0 Å². The molecule has 6 nitrogen and oxygen atoms in total. The number of carbonyl (C=O) groups excluding carboxylic acids is 2. The normalized spacial score (nSPS) is 20.4. The molecule has 0 radical (unpaired) electrons. The molecule has 1 saturated heterocycles. The Bertz CT molecular complexity index is 322. The second kappa shape index (κ2) is 7.10. The summed E-state index contributed by atoms with van der Waals surface area (Å²) in [6.07, 6.45) is 1.32. The standard InChI is InChI=1S/C12H19NO5/c1-2-9(14)3-4-10(12(16)17)13-11(15)8-5-6-18-7-8/h8,10H,2-7H2,1H3,(H,13,15)(H,16,17)/t8-,10-/m1/s1. The molecular weight excluding hydrogens is 238 g/mol. The summed E-state index contributed by atoms with van der Waals surface area (Å²) in [7, 11) is 0. The average Bonchev–Trinajstić information content (AvgIpc) is 2.87. The number of carboxylic acid groups (broad SMARTS) is 1. The highest BCUT2D eigenvalue weighted by atomic mass is 16.5. The minimum atomic E-state index is -1.11. The van der Waals surface area contributed by atoms with Gasteiger partial charge in [0.1, 0.15) is 11.8 Å². The number of amides is 1. The predicted molar refractivity (Wildman–Crippen MR) is 63.0 cm³/mol. The van der Waals surface area contributed by atoms with Crippen LogP contribution in [0.25, 0.3) is 0 Å². The van der Waals surface area contributed by atoms with Gasteiger partial charge in [-0.2, -0.15) is 0 Å². The van der Waals surface area contributed by atoms with Crippen molar-refractivity contribution in [2.24, 2.45) is 5.92 Å². The van der Waals surface area contributed by atoms with Crippen LogP contribution in [-0.4, -0.2) is 42.0 Å². The Labute approximate surface area is 106 Å². The quantitative estimate of drug-likeness (QED) is 0.686. The second-order valence-electron chi connectivity index (χ2n) is 4.39. The molecule has 0 spiro atoms. The van der Waals surface area contributed by atoms with Gasteiger partial charge in [-0.3, -0.25) is 9.59 Å². The van der Waals surface area contributed by atoms with Crippen molar-refractivity contribution in [1.82, 2.24) is 5.32 Å². The first kappa shape index (κ1) is 14.6. The Morgan fingerprint density at radius 2 is 2.17 bits per heavy atom. The Balaban J connectivity index is 2.44. The molecule has 0 aromatic heterocycles. The number of ketones is 1. The Morgan fingerprint density at radius 1 is 1.44 bits per heavy atom. The third-order valence-electron chi connectivity index (χ3n) is 3.02. The highest BCUT2D eigenvalue weighted by Gasteiger charge is 2.28. The molecule has 2 N–H and O–H groups in total. The van der Waals surface area contributed by atoms with Gasteiger partial charge in [-0.1, -0.05) is 6.92 Å². The van der Waals surface area contributed by atoms with E-state index in [1.165, 1.54) is 0 Å². The Morgan fingerprint density at radius 3 is 2.67 bits per heavy atom. The minimum absolute atomic E-state index is 0.000279. The molecule has 1 fully saturated rings. The molecule has 1 aliphatic heterocycles. The van der Waals surface area contributed by atoms with Gasteiger partial charge in [0.05, 0.1) is 12.5 Å². The van der Waals surface area contributed by atoms with E-state index in [4.69, 9.17) is 9.84 Å². The van der Waals surface area contributed by atoms with Crippen LogP contribution >= 0.6 is 0 Å². The third-order valence-corrected chi connectivity index (χ3v) is 3.02. The van der Waals surface area contributed by atoms with Crippen molar-refractivity contribution < 1.29 is 24.2 Å². The maximum Gasteiger partial charge on any atom is 0.326 e. The Hall–Kier alpha value is -1.43. The number of Topliss-reactive ketones (excluding diaryl/α,β-unsaturated/α-hetero) is 1. The zero-order valence-corrected chi connectivity index (χ0v) is 10.5. The fraction of sp³-hybridized carbons (Fsp3) is 0.750. The van der Waals surface area contributed by atoms with E-state index in [0.29, 0.717) is 26.1 Å². The monoisotopic (exact) mass is 257 g/mol. The van der Waals surface area contributed by atoms with Crippen LogP contribution < -0.4 is 5.32 Å². The molecule has 0 saturated carbocycles. The number of hydrogen-bond donors (Lipinski definition) is 2. The average molecular weight is 257 g/mol. The first-order valence-corrected chi connectivity index (χ1v) is 6.17. The van der Waals surface area contributed by atoms with E-state index in [1.807, 2.05) is 0 Å². The van der Waals surface area contributed by atoms with E-state index >= 15 is 0 Å². The lowest BCUT2D eigenvalue weighted by Crippen LogP contribution is -2.44. The van der Waals surface area contributed by atoms with Crippen LogP contribution in [0, 0.1) is 5.92 Å². The maximum atomic E-state index is 11.7. The predicted octanol–water partition coefficient (Wildman–Crippen LogP) is 0.352. The highest BCUT2D eigenvalue weighted by Crippen LogP contribution is 2.13. The van der Waals surface area contributed by atoms with Crippen molar-refractivity contribution in [2.75, 3.05) is 13.2 Å². The summed E-state index contributed by atoms with van der Waals surface area (Å²) in [4.78, 5) is 33.9. The van der Waals surface area contributed by atoms with Crippen LogP contribution in [-0.2, 0) is 19.1 Å². The zero-order valence-electron chi connectivity index (χ0n) is 10.5. The van der Waals surface area contributed by atoms with Crippen molar-refractivity contribution in [2.45, 2.75) is 38.6 Å². The summed E-state index contributed by atoms with van der Waals surface area (Å²) in [6, 6.07) is -0.992. The fourth-order valence-electron chi connectivity index (χ4n) is 1.77. The topological polar surface area (TPSA) is 92.7 Å². The first-order chi connectivity index (χ1) is 8.54. The third kappa shape index (κ3) is 4.44. The number of carboxylic acids is 1. The smallest absolute Gasteiger partial charge is 0.326 e. The minimum Gasteiger partial charge on any atom is -0.480 e. The molecule has 0 unspecified atom stereocenters. The molecule has 6 heteroatoms. The SMILES string of the molecule is CCC(=O)CC[C@@H](NC(=O)[C@@H]1CCOC1)C(=O)O. The van der Waals surface area contributed by atoms with Crippen LogP contribution in [0.15, 0.2) is 0 Å². The zero-order chi connectivity index (χ0) is 13.5. The molecule has 102 valence electrons. The van der Waals surface area contributed by atoms with Gasteiger partial charge in [0, 0.05) is 19.4 Å². The van der Waals surface area contributed by atoms with Gasteiger partial charge in [0.25, 0.3) is 0 Å². The van der Waals surface area contributed by atoms with Crippen molar-refractivity contribution in [3.63, 3.8) is 0 Å². The second-order valence-corrected chi connectivity index (χ2v) is 4.39. The van der Waals surface area contributed by atoms with E-state index in [2.05, 4.69) is 5.32 Å². The van der Waals surface area contributed by atoms with Crippen LogP contribution in [0.1, 0.15) is 32.6 Å². The number of aliphatic carboxylic acids is 1. The van der Waals surface area contributed by atoms with Crippen LogP contribution in [0.5, 0.6) is 0 Å². The van der Waals surface area contributed by atoms with Crippen LogP contribution in [0.3, 0.4) is 0 Å². The summed E-state index contributed by atoms with van der Waals surface area (Å²) >= 11 is 0. The molecule has 2 atom stereocenters. The summed E-state index contributed by atoms with van der Waals surface area (Å²) in [6.45, 7) is 2.60. The van der Waals surface area contributed by atoms with Gasteiger partial charge in [0.2, 0.25) is 5.91 Å². The molecule has 1 amide bonds. The largest absolute Gasteiger partial charge is 0.480 e. The lowest BCUT2D eigenvalue weighted by atomic mass is 10.0. The molecule has 18 heavy (non-hydrogen) atoms. The summed E-state index contributed by atoms with van der Waals surface area (Å²) in [5.74, 6) is -1.68. The highest BCUT2D eigenvalue weighted by molar-refractivity contribution is 5.86. The van der Waals surface area contributed by atoms with Gasteiger partial charge in [-0.25, -0.2) is 4.79 Å². The summed E-state index contributed by atoms with van der Waals surface area (Å²) in [5, 5.41) is 11.5.